The first-order valence-electron chi connectivity index (χ1n) is 9.55. The molecule has 0 bridgehead atoms. The molecule has 1 amide bonds. The summed E-state index contributed by atoms with van der Waals surface area (Å²) in [6, 6.07) is 8.09. The molecule has 2 heterocycles. The Morgan fingerprint density at radius 1 is 1.15 bits per heavy atom. The fourth-order valence-electron chi connectivity index (χ4n) is 3.94. The number of hydrogen-bond acceptors (Lipinski definition) is 4. The highest BCUT2D eigenvalue weighted by molar-refractivity contribution is 8.00. The van der Waals surface area contributed by atoms with Crippen LogP contribution >= 0.6 is 11.8 Å². The van der Waals surface area contributed by atoms with Gasteiger partial charge in [0.05, 0.1) is 28.7 Å². The van der Waals surface area contributed by atoms with Crippen LogP contribution in [0.25, 0.3) is 0 Å². The second-order valence-corrected chi connectivity index (χ2v) is 8.58. The van der Waals surface area contributed by atoms with Crippen molar-refractivity contribution in [3.05, 3.63) is 45.7 Å². The summed E-state index contributed by atoms with van der Waals surface area (Å²) in [6.45, 7) is 3.98. The molecule has 1 aromatic heterocycles. The molecular weight excluding hydrogens is 362 g/mol. The van der Waals surface area contributed by atoms with E-state index in [1.54, 1.807) is 0 Å². The van der Waals surface area contributed by atoms with Crippen molar-refractivity contribution in [1.82, 2.24) is 9.78 Å². The summed E-state index contributed by atoms with van der Waals surface area (Å²) in [5, 5.41) is 5.78. The molecule has 1 unspecified atom stereocenters. The van der Waals surface area contributed by atoms with Gasteiger partial charge in [0, 0.05) is 0 Å². The number of aromatic amines is 1. The van der Waals surface area contributed by atoms with Crippen molar-refractivity contribution in [2.24, 2.45) is 0 Å². The van der Waals surface area contributed by atoms with Crippen molar-refractivity contribution >= 4 is 23.5 Å². The van der Waals surface area contributed by atoms with E-state index in [0.29, 0.717) is 17.1 Å². The number of amides is 1. The maximum absolute atomic E-state index is 12.8. The van der Waals surface area contributed by atoms with E-state index < -0.39 is 0 Å². The second kappa shape index (κ2) is 7.46. The zero-order valence-corrected chi connectivity index (χ0v) is 16.5. The van der Waals surface area contributed by atoms with Gasteiger partial charge in [-0.1, -0.05) is 25.0 Å². The van der Waals surface area contributed by atoms with E-state index in [1.807, 2.05) is 42.8 Å². The largest absolute Gasteiger partial charge is 0.491 e. The molecule has 27 heavy (non-hydrogen) atoms. The van der Waals surface area contributed by atoms with Crippen molar-refractivity contribution < 1.29 is 9.53 Å². The third kappa shape index (κ3) is 3.65. The third-order valence-corrected chi connectivity index (χ3v) is 6.38. The number of nitrogens with one attached hydrogen (secondary N) is 2. The molecule has 2 aromatic rings. The fraction of sp³-hybridized carbons (Fsp3) is 0.500. The summed E-state index contributed by atoms with van der Waals surface area (Å²) in [7, 11) is 0. The van der Waals surface area contributed by atoms with Crippen LogP contribution in [-0.2, 0) is 4.79 Å². The molecule has 144 valence electrons. The summed E-state index contributed by atoms with van der Waals surface area (Å²) in [5.41, 5.74) is 1.54. The molecule has 1 atom stereocenters. The summed E-state index contributed by atoms with van der Waals surface area (Å²) in [4.78, 5) is 25.1. The molecule has 1 aliphatic heterocycles. The van der Waals surface area contributed by atoms with Gasteiger partial charge in [-0.25, -0.2) is 0 Å². The molecule has 2 N–H and O–H groups in total. The molecule has 0 saturated heterocycles. The van der Waals surface area contributed by atoms with Crippen LogP contribution in [0.3, 0.4) is 0 Å². The molecule has 4 rings (SSSR count). The Morgan fingerprint density at radius 3 is 2.52 bits per heavy atom. The molecule has 1 saturated carbocycles. The molecule has 1 fully saturated rings. The smallest absolute Gasteiger partial charge is 0.270 e. The predicted molar refractivity (Wildman–Crippen MR) is 108 cm³/mol. The molecule has 1 aliphatic carbocycles. The lowest BCUT2D eigenvalue weighted by Gasteiger charge is -2.17. The lowest BCUT2D eigenvalue weighted by atomic mass is 10.1. The summed E-state index contributed by atoms with van der Waals surface area (Å²) in [6.07, 6.45) is 4.49. The highest BCUT2D eigenvalue weighted by atomic mass is 32.2. The minimum atomic E-state index is -0.182. The number of nitrogens with zero attached hydrogens (tertiary/aromatic N) is 1. The normalized spacial score (nSPS) is 20.4. The van der Waals surface area contributed by atoms with Gasteiger partial charge in [-0.2, -0.15) is 0 Å². The van der Waals surface area contributed by atoms with Gasteiger partial charge in [0.15, 0.2) is 0 Å². The number of aromatic nitrogens is 2. The van der Waals surface area contributed by atoms with Crippen LogP contribution in [0.1, 0.15) is 61.9 Å². The van der Waals surface area contributed by atoms with E-state index in [9.17, 15) is 9.59 Å². The zero-order valence-electron chi connectivity index (χ0n) is 15.7. The first-order chi connectivity index (χ1) is 13.0. The van der Waals surface area contributed by atoms with Crippen molar-refractivity contribution in [3.63, 3.8) is 0 Å². The summed E-state index contributed by atoms with van der Waals surface area (Å²) >= 11 is 1.49. The first-order valence-corrected chi connectivity index (χ1v) is 10.6. The number of rotatable bonds is 4. The van der Waals surface area contributed by atoms with Gasteiger partial charge in [0.1, 0.15) is 11.6 Å². The van der Waals surface area contributed by atoms with Crippen LogP contribution in [0.5, 0.6) is 5.75 Å². The number of H-pyrrole nitrogens is 1. The number of carbonyl (C=O) groups is 1. The minimum Gasteiger partial charge on any atom is -0.491 e. The van der Waals surface area contributed by atoms with E-state index in [2.05, 4.69) is 10.4 Å². The molecule has 6 nitrogen and oxygen atoms in total. The highest BCUT2D eigenvalue weighted by Gasteiger charge is 2.32. The van der Waals surface area contributed by atoms with Gasteiger partial charge >= 0.3 is 0 Å². The number of hydrogen-bond donors (Lipinski definition) is 2. The number of anilines is 1. The standard InChI is InChI=1S/C20H25N3O3S/c1-12(2)26-15-9-7-13(8-10-15)18-17-19(21-16(24)11-27-18)23(22-20(17)25)14-5-3-4-6-14/h7-10,12,14,18H,3-6,11H2,1-2H3,(H,21,24)(H,22,25). The maximum Gasteiger partial charge on any atom is 0.270 e. The van der Waals surface area contributed by atoms with Gasteiger partial charge in [-0.05, 0) is 44.4 Å². The predicted octanol–water partition coefficient (Wildman–Crippen LogP) is 3.85. The Hall–Kier alpha value is -2.15. The fourth-order valence-corrected chi connectivity index (χ4v) is 5.06. The molecule has 7 heteroatoms. The third-order valence-electron chi connectivity index (χ3n) is 5.11. The molecule has 1 aromatic carbocycles. The lowest BCUT2D eigenvalue weighted by Crippen LogP contribution is -2.18. The van der Waals surface area contributed by atoms with Gasteiger partial charge < -0.3 is 10.1 Å². The Kier molecular flexibility index (Phi) is 5.04. The van der Waals surface area contributed by atoms with E-state index in [-0.39, 0.29) is 28.9 Å². The second-order valence-electron chi connectivity index (χ2n) is 7.49. The Balaban J connectivity index is 1.73. The molecular formula is C20H25N3O3S. The van der Waals surface area contributed by atoms with Crippen molar-refractivity contribution in [3.8, 4) is 5.75 Å². The average molecular weight is 388 g/mol. The monoisotopic (exact) mass is 387 g/mol. The van der Waals surface area contributed by atoms with Gasteiger partial charge in [-0.15, -0.1) is 11.8 Å². The number of thioether (sulfide) groups is 1. The average Bonchev–Trinajstić information content (AvgIpc) is 3.21. The van der Waals surface area contributed by atoms with Crippen molar-refractivity contribution in [2.75, 3.05) is 11.1 Å². The van der Waals surface area contributed by atoms with Crippen LogP contribution in [-0.4, -0.2) is 27.5 Å². The quantitative estimate of drug-likeness (QED) is 0.835. The Labute approximate surface area is 162 Å². The molecule has 0 radical (unpaired) electrons. The highest BCUT2D eigenvalue weighted by Crippen LogP contribution is 2.42. The van der Waals surface area contributed by atoms with E-state index in [0.717, 1.165) is 37.0 Å². The topological polar surface area (TPSA) is 76.1 Å². The lowest BCUT2D eigenvalue weighted by molar-refractivity contribution is -0.113. The van der Waals surface area contributed by atoms with Gasteiger partial charge in [0.2, 0.25) is 5.91 Å². The number of benzene rings is 1. The van der Waals surface area contributed by atoms with Gasteiger partial charge in [0.25, 0.3) is 5.56 Å². The van der Waals surface area contributed by atoms with Crippen LogP contribution < -0.4 is 15.6 Å². The first kappa shape index (κ1) is 18.2. The number of carbonyl (C=O) groups excluding carboxylic acids is 1. The Morgan fingerprint density at radius 2 is 1.85 bits per heavy atom. The van der Waals surface area contributed by atoms with Crippen LogP contribution in [0.15, 0.2) is 29.1 Å². The number of fused-ring (bicyclic) bond motifs is 1. The summed E-state index contributed by atoms with van der Waals surface area (Å²) in [5.74, 6) is 1.72. The summed E-state index contributed by atoms with van der Waals surface area (Å²) < 4.78 is 7.62. The van der Waals surface area contributed by atoms with E-state index >= 15 is 0 Å². The van der Waals surface area contributed by atoms with Crippen LogP contribution in [0.4, 0.5) is 5.82 Å². The van der Waals surface area contributed by atoms with Crippen molar-refractivity contribution in [1.29, 1.82) is 0 Å². The van der Waals surface area contributed by atoms with Crippen LogP contribution in [0.2, 0.25) is 0 Å². The van der Waals surface area contributed by atoms with Crippen molar-refractivity contribution in [2.45, 2.75) is 56.9 Å². The van der Waals surface area contributed by atoms with E-state index in [4.69, 9.17) is 4.74 Å². The van der Waals surface area contributed by atoms with Crippen LogP contribution in [0, 0.1) is 0 Å². The zero-order chi connectivity index (χ0) is 19.0. The molecule has 0 spiro atoms. The SMILES string of the molecule is CC(C)Oc1ccc(C2SCC(=O)Nc3c2c(=O)[nH]n3C2CCCC2)cc1. The minimum absolute atomic E-state index is 0.0609. The number of ether oxygens (including phenoxy) is 1. The van der Waals surface area contributed by atoms with E-state index in [1.165, 1.54) is 11.8 Å². The van der Waals surface area contributed by atoms with Gasteiger partial charge in [-0.3, -0.25) is 19.4 Å². The maximum atomic E-state index is 12.8. The Bertz CT molecular complexity index is 879. The molecule has 2 aliphatic rings.